The third-order valence-electron chi connectivity index (χ3n) is 6.07. The van der Waals surface area contributed by atoms with Gasteiger partial charge in [0.25, 0.3) is 0 Å². The van der Waals surface area contributed by atoms with Crippen LogP contribution in [0.25, 0.3) is 11.1 Å². The lowest BCUT2D eigenvalue weighted by molar-refractivity contribution is -0.128. The van der Waals surface area contributed by atoms with Gasteiger partial charge in [-0.3, -0.25) is 9.59 Å². The third kappa shape index (κ3) is 4.73. The van der Waals surface area contributed by atoms with Gasteiger partial charge in [0.15, 0.2) is 0 Å². The monoisotopic (exact) mass is 427 g/mol. The van der Waals surface area contributed by atoms with Crippen molar-refractivity contribution in [3.63, 3.8) is 0 Å². The molecule has 0 aromatic heterocycles. The zero-order valence-corrected chi connectivity index (χ0v) is 18.5. The van der Waals surface area contributed by atoms with Crippen LogP contribution in [-0.2, 0) is 22.6 Å². The van der Waals surface area contributed by atoms with Gasteiger partial charge in [0.2, 0.25) is 11.8 Å². The van der Waals surface area contributed by atoms with E-state index in [1.807, 2.05) is 53.4 Å². The van der Waals surface area contributed by atoms with Crippen LogP contribution >= 0.6 is 0 Å². The largest absolute Gasteiger partial charge is 0.343 e. The van der Waals surface area contributed by atoms with Gasteiger partial charge < -0.3 is 15.5 Å². The van der Waals surface area contributed by atoms with Crippen molar-refractivity contribution < 1.29 is 9.59 Å². The molecule has 0 fully saturated rings. The molecule has 0 saturated carbocycles. The van der Waals surface area contributed by atoms with Crippen LogP contribution in [-0.4, -0.2) is 30.9 Å². The molecule has 5 heteroatoms. The predicted molar refractivity (Wildman–Crippen MR) is 128 cm³/mol. The van der Waals surface area contributed by atoms with Gasteiger partial charge in [-0.2, -0.15) is 0 Å². The zero-order chi connectivity index (χ0) is 22.5. The first kappa shape index (κ1) is 21.8. The number of hydrogen-bond donors (Lipinski definition) is 2. The molecule has 2 atom stereocenters. The van der Waals surface area contributed by atoms with Crippen molar-refractivity contribution in [1.29, 1.82) is 0 Å². The fraction of sp³-hybridized carbons (Fsp3) is 0.259. The number of likely N-dealkylation sites (N-methyl/N-ethyl adjacent to an activating group) is 1. The van der Waals surface area contributed by atoms with Crippen LogP contribution in [0.5, 0.6) is 0 Å². The third-order valence-corrected chi connectivity index (χ3v) is 6.07. The topological polar surface area (TPSA) is 61.4 Å². The summed E-state index contributed by atoms with van der Waals surface area (Å²) < 4.78 is 0. The molecule has 3 aromatic carbocycles. The molecule has 0 bridgehead atoms. The van der Waals surface area contributed by atoms with Gasteiger partial charge in [0.1, 0.15) is 6.04 Å². The summed E-state index contributed by atoms with van der Waals surface area (Å²) in [5.74, 6) is -0.237. The maximum atomic E-state index is 13.6. The smallest absolute Gasteiger partial charge is 0.249 e. The number of para-hydroxylation sites is 1. The normalized spacial score (nSPS) is 16.8. The minimum atomic E-state index is -0.553. The lowest BCUT2D eigenvalue weighted by Gasteiger charge is -2.27. The molecule has 2 amide bonds. The van der Waals surface area contributed by atoms with Gasteiger partial charge in [-0.15, -0.1) is 0 Å². The summed E-state index contributed by atoms with van der Waals surface area (Å²) in [6.07, 6.45) is 1.32. The molecule has 1 aliphatic rings. The van der Waals surface area contributed by atoms with Gasteiger partial charge in [0, 0.05) is 5.69 Å². The highest BCUT2D eigenvalue weighted by Crippen LogP contribution is 2.29. The molecule has 0 aliphatic carbocycles. The van der Waals surface area contributed by atoms with Crippen molar-refractivity contribution in [1.82, 2.24) is 10.6 Å². The van der Waals surface area contributed by atoms with Crippen molar-refractivity contribution in [2.45, 2.75) is 38.4 Å². The summed E-state index contributed by atoms with van der Waals surface area (Å²) in [5.41, 5.74) is 5.35. The van der Waals surface area contributed by atoms with E-state index in [4.69, 9.17) is 0 Å². The van der Waals surface area contributed by atoms with E-state index in [0.29, 0.717) is 13.0 Å². The van der Waals surface area contributed by atoms with E-state index in [-0.39, 0.29) is 17.9 Å². The average Bonchev–Trinajstić information content (AvgIpc) is 2.96. The number of benzene rings is 3. The van der Waals surface area contributed by atoms with E-state index in [1.165, 1.54) is 0 Å². The summed E-state index contributed by atoms with van der Waals surface area (Å²) in [4.78, 5) is 27.9. The molecule has 3 aromatic rings. The van der Waals surface area contributed by atoms with Crippen LogP contribution in [0.15, 0.2) is 78.9 Å². The van der Waals surface area contributed by atoms with E-state index in [1.54, 1.807) is 14.0 Å². The summed E-state index contributed by atoms with van der Waals surface area (Å²) in [6.45, 7) is 2.24. The molecule has 1 aliphatic heterocycles. The minimum Gasteiger partial charge on any atom is -0.343 e. The average molecular weight is 428 g/mol. The van der Waals surface area contributed by atoms with Gasteiger partial charge in [0.05, 0.1) is 12.6 Å². The van der Waals surface area contributed by atoms with Crippen LogP contribution in [0.1, 0.15) is 24.5 Å². The maximum absolute atomic E-state index is 13.6. The quantitative estimate of drug-likeness (QED) is 0.627. The summed E-state index contributed by atoms with van der Waals surface area (Å²) in [7, 11) is 1.74. The zero-order valence-electron chi connectivity index (χ0n) is 18.5. The van der Waals surface area contributed by atoms with Crippen molar-refractivity contribution in [3.8, 4) is 11.1 Å². The molecule has 0 radical (unpaired) electrons. The Hall–Kier alpha value is -3.44. The van der Waals surface area contributed by atoms with Gasteiger partial charge in [-0.1, -0.05) is 66.7 Å². The molecule has 5 nitrogen and oxygen atoms in total. The SMILES string of the molecule is CNC(C)C(=O)N[C@H]1CCc2ccccc2N(Cc2cccc(-c3ccccc3)c2)C1=O. The van der Waals surface area contributed by atoms with Crippen LogP contribution < -0.4 is 15.5 Å². The second kappa shape index (κ2) is 9.79. The van der Waals surface area contributed by atoms with Crippen LogP contribution in [0.2, 0.25) is 0 Å². The Morgan fingerprint density at radius 3 is 2.50 bits per heavy atom. The van der Waals surface area contributed by atoms with E-state index in [9.17, 15) is 9.59 Å². The Morgan fingerprint density at radius 2 is 1.72 bits per heavy atom. The number of rotatable bonds is 6. The van der Waals surface area contributed by atoms with Crippen LogP contribution in [0.4, 0.5) is 5.69 Å². The second-order valence-electron chi connectivity index (χ2n) is 8.23. The second-order valence-corrected chi connectivity index (χ2v) is 8.23. The molecule has 1 heterocycles. The van der Waals surface area contributed by atoms with Crippen molar-refractivity contribution >= 4 is 17.5 Å². The van der Waals surface area contributed by atoms with Gasteiger partial charge in [-0.25, -0.2) is 0 Å². The summed E-state index contributed by atoms with van der Waals surface area (Å²) in [6, 6.07) is 25.6. The number of carbonyl (C=O) groups excluding carboxylic acids is 2. The molecule has 0 spiro atoms. The minimum absolute atomic E-state index is 0.0725. The number of nitrogens with zero attached hydrogens (tertiary/aromatic N) is 1. The first-order valence-corrected chi connectivity index (χ1v) is 11.1. The lowest BCUT2D eigenvalue weighted by Crippen LogP contribution is -2.52. The van der Waals surface area contributed by atoms with Gasteiger partial charge in [-0.05, 0) is 61.2 Å². The highest BCUT2D eigenvalue weighted by Gasteiger charge is 2.32. The molecule has 0 saturated heterocycles. The number of anilines is 1. The molecule has 164 valence electrons. The molecule has 32 heavy (non-hydrogen) atoms. The Labute approximate surface area is 189 Å². The lowest BCUT2D eigenvalue weighted by atomic mass is 10.0. The number of fused-ring (bicyclic) bond motifs is 1. The van der Waals surface area contributed by atoms with E-state index >= 15 is 0 Å². The number of hydrogen-bond acceptors (Lipinski definition) is 3. The fourth-order valence-electron chi connectivity index (χ4n) is 4.10. The molecule has 4 rings (SSSR count). The fourth-order valence-corrected chi connectivity index (χ4v) is 4.10. The summed E-state index contributed by atoms with van der Waals surface area (Å²) >= 11 is 0. The number of nitrogens with one attached hydrogen (secondary N) is 2. The number of aryl methyl sites for hydroxylation is 1. The van der Waals surface area contributed by atoms with E-state index in [0.717, 1.165) is 34.4 Å². The van der Waals surface area contributed by atoms with E-state index in [2.05, 4.69) is 41.0 Å². The molecule has 1 unspecified atom stereocenters. The Balaban J connectivity index is 1.64. The summed E-state index contributed by atoms with van der Waals surface area (Å²) in [5, 5.41) is 5.89. The first-order chi connectivity index (χ1) is 15.6. The van der Waals surface area contributed by atoms with Crippen molar-refractivity contribution in [3.05, 3.63) is 90.0 Å². The highest BCUT2D eigenvalue weighted by molar-refractivity contribution is 6.00. The molecular weight excluding hydrogens is 398 g/mol. The molecule has 2 N–H and O–H groups in total. The number of amides is 2. The standard InChI is InChI=1S/C27H29N3O2/c1-19(28-2)26(31)29-24-16-15-22-12-6-7-14-25(22)30(27(24)32)18-20-9-8-13-23(17-20)21-10-4-3-5-11-21/h3-14,17,19,24,28H,15-16,18H2,1-2H3,(H,29,31)/t19?,24-/m0/s1. The van der Waals surface area contributed by atoms with E-state index < -0.39 is 6.04 Å². The predicted octanol–water partition coefficient (Wildman–Crippen LogP) is 3.93. The number of carbonyl (C=O) groups is 2. The maximum Gasteiger partial charge on any atom is 0.249 e. The Morgan fingerprint density at radius 1 is 1.00 bits per heavy atom. The van der Waals surface area contributed by atoms with Gasteiger partial charge >= 0.3 is 0 Å². The Kier molecular flexibility index (Phi) is 6.66. The van der Waals surface area contributed by atoms with Crippen molar-refractivity contribution in [2.75, 3.05) is 11.9 Å². The van der Waals surface area contributed by atoms with Crippen molar-refractivity contribution in [2.24, 2.45) is 0 Å². The first-order valence-electron chi connectivity index (χ1n) is 11.1. The van der Waals surface area contributed by atoms with Crippen LogP contribution in [0, 0.1) is 0 Å². The Bertz CT molecular complexity index is 1100. The molecular formula is C27H29N3O2. The highest BCUT2D eigenvalue weighted by atomic mass is 16.2. The van der Waals surface area contributed by atoms with Crippen LogP contribution in [0.3, 0.4) is 0 Å².